The molecule has 160 valence electrons. The van der Waals surface area contributed by atoms with E-state index in [4.69, 9.17) is 10.7 Å². The Bertz CT molecular complexity index is 1290. The zero-order valence-corrected chi connectivity index (χ0v) is 17.8. The number of alkyl halides is 1. The number of piperidine rings is 1. The standard InChI is InChI=1S/C24H26FN5O/c1-3-30-20-7-5-4-6-15(20)13-22(30)23-27-19-12-16(8-9-21(19)28(23)2)24(31)29-11-10-17(25)18(26)14-29/h4-9,12-13,17-18H,3,10-11,14,26H2,1-2H3/t17-,18-/m1/s1. The van der Waals surface area contributed by atoms with Gasteiger partial charge in [0.15, 0.2) is 5.82 Å². The summed E-state index contributed by atoms with van der Waals surface area (Å²) in [5.74, 6) is 0.733. The molecule has 2 N–H and O–H groups in total. The number of nitrogens with zero attached hydrogens (tertiary/aromatic N) is 4. The summed E-state index contributed by atoms with van der Waals surface area (Å²) in [4.78, 5) is 19.5. The van der Waals surface area contributed by atoms with E-state index in [2.05, 4.69) is 34.3 Å². The SMILES string of the molecule is CCn1c(-c2nc3cc(C(=O)N4CC[C@@H](F)[C@H](N)C4)ccc3n2C)cc2ccccc21. The third-order valence-corrected chi connectivity index (χ3v) is 6.34. The zero-order valence-electron chi connectivity index (χ0n) is 17.8. The third kappa shape index (κ3) is 3.20. The number of benzene rings is 2. The number of carbonyl (C=O) groups excluding carboxylic acids is 1. The zero-order chi connectivity index (χ0) is 21.7. The maximum Gasteiger partial charge on any atom is 0.253 e. The third-order valence-electron chi connectivity index (χ3n) is 6.34. The molecular formula is C24H26FN5O. The van der Waals surface area contributed by atoms with Gasteiger partial charge in [-0.25, -0.2) is 9.37 Å². The second kappa shape index (κ2) is 7.50. The number of hydrogen-bond acceptors (Lipinski definition) is 3. The summed E-state index contributed by atoms with van der Waals surface area (Å²) in [5, 5.41) is 1.18. The number of aromatic nitrogens is 3. The predicted octanol–water partition coefficient (Wildman–Crippen LogP) is 3.73. The molecule has 1 fully saturated rings. The second-order valence-corrected chi connectivity index (χ2v) is 8.25. The Balaban J connectivity index is 1.54. The van der Waals surface area contributed by atoms with Crippen molar-refractivity contribution in [2.24, 2.45) is 12.8 Å². The van der Waals surface area contributed by atoms with E-state index in [1.54, 1.807) is 4.90 Å². The summed E-state index contributed by atoms with van der Waals surface area (Å²) in [7, 11) is 1.99. The summed E-state index contributed by atoms with van der Waals surface area (Å²) in [6, 6.07) is 15.4. The molecule has 1 amide bonds. The van der Waals surface area contributed by atoms with E-state index in [1.807, 2.05) is 37.4 Å². The smallest absolute Gasteiger partial charge is 0.253 e. The number of aryl methyl sites for hydroxylation is 2. The fraction of sp³-hybridized carbons (Fsp3) is 0.333. The molecular weight excluding hydrogens is 393 g/mol. The first-order valence-corrected chi connectivity index (χ1v) is 10.7. The van der Waals surface area contributed by atoms with Crippen molar-refractivity contribution in [3.63, 3.8) is 0 Å². The van der Waals surface area contributed by atoms with Crippen LogP contribution in [0.5, 0.6) is 0 Å². The lowest BCUT2D eigenvalue weighted by Gasteiger charge is -2.33. The van der Waals surface area contributed by atoms with Gasteiger partial charge in [0.05, 0.1) is 22.8 Å². The van der Waals surface area contributed by atoms with Crippen LogP contribution in [-0.2, 0) is 13.6 Å². The first-order valence-electron chi connectivity index (χ1n) is 10.7. The van der Waals surface area contributed by atoms with Gasteiger partial charge in [0.25, 0.3) is 5.91 Å². The fourth-order valence-electron chi connectivity index (χ4n) is 4.62. The molecule has 2 aromatic heterocycles. The average Bonchev–Trinajstić information content (AvgIpc) is 3.32. The molecule has 2 atom stereocenters. The van der Waals surface area contributed by atoms with Crippen LogP contribution in [0.25, 0.3) is 33.5 Å². The molecule has 6 nitrogen and oxygen atoms in total. The van der Waals surface area contributed by atoms with Gasteiger partial charge in [-0.05, 0) is 43.7 Å². The van der Waals surface area contributed by atoms with Crippen LogP contribution in [0, 0.1) is 0 Å². The minimum absolute atomic E-state index is 0.126. The van der Waals surface area contributed by atoms with E-state index in [9.17, 15) is 9.18 Å². The van der Waals surface area contributed by atoms with Crippen molar-refractivity contribution in [1.29, 1.82) is 0 Å². The quantitative estimate of drug-likeness (QED) is 0.550. The van der Waals surface area contributed by atoms with Gasteiger partial charge in [0, 0.05) is 43.1 Å². The number of likely N-dealkylation sites (tertiary alicyclic amines) is 1. The van der Waals surface area contributed by atoms with Gasteiger partial charge in [0.2, 0.25) is 0 Å². The molecule has 0 saturated carbocycles. The number of rotatable bonds is 3. The molecule has 0 radical (unpaired) electrons. The minimum atomic E-state index is -1.05. The Hall–Kier alpha value is -3.19. The fourth-order valence-corrected chi connectivity index (χ4v) is 4.62. The molecule has 2 aromatic carbocycles. The number of para-hydroxylation sites is 1. The lowest BCUT2D eigenvalue weighted by Crippen LogP contribution is -2.51. The van der Waals surface area contributed by atoms with Crippen molar-refractivity contribution in [1.82, 2.24) is 19.0 Å². The number of nitrogens with two attached hydrogens (primary N) is 1. The lowest BCUT2D eigenvalue weighted by molar-refractivity contribution is 0.0630. The number of amides is 1. The van der Waals surface area contributed by atoms with E-state index in [-0.39, 0.29) is 18.9 Å². The Labute approximate surface area is 180 Å². The highest BCUT2D eigenvalue weighted by Gasteiger charge is 2.29. The predicted molar refractivity (Wildman–Crippen MR) is 121 cm³/mol. The molecule has 31 heavy (non-hydrogen) atoms. The molecule has 0 aliphatic carbocycles. The van der Waals surface area contributed by atoms with Gasteiger partial charge >= 0.3 is 0 Å². The number of fused-ring (bicyclic) bond motifs is 2. The normalized spacial score (nSPS) is 19.4. The van der Waals surface area contributed by atoms with E-state index in [0.717, 1.165) is 29.1 Å². The first kappa shape index (κ1) is 19.8. The van der Waals surface area contributed by atoms with E-state index in [1.165, 1.54) is 10.9 Å². The Kier molecular flexibility index (Phi) is 4.78. The average molecular weight is 420 g/mol. The first-order chi connectivity index (χ1) is 15.0. The van der Waals surface area contributed by atoms with Crippen LogP contribution in [0.15, 0.2) is 48.5 Å². The van der Waals surface area contributed by atoms with Crippen LogP contribution in [0.3, 0.4) is 0 Å². The second-order valence-electron chi connectivity index (χ2n) is 8.25. The summed E-state index contributed by atoms with van der Waals surface area (Å²) < 4.78 is 18.0. The Morgan fingerprint density at radius 3 is 2.77 bits per heavy atom. The maximum absolute atomic E-state index is 13.7. The highest BCUT2D eigenvalue weighted by Crippen LogP contribution is 2.30. The summed E-state index contributed by atoms with van der Waals surface area (Å²) in [6.45, 7) is 3.58. The van der Waals surface area contributed by atoms with Crippen LogP contribution in [-0.4, -0.2) is 50.2 Å². The van der Waals surface area contributed by atoms with Crippen LogP contribution in [0.2, 0.25) is 0 Å². The molecule has 4 aromatic rings. The molecule has 1 aliphatic rings. The van der Waals surface area contributed by atoms with Crippen molar-refractivity contribution in [3.8, 4) is 11.5 Å². The topological polar surface area (TPSA) is 69.1 Å². The van der Waals surface area contributed by atoms with Gasteiger partial charge in [-0.1, -0.05) is 18.2 Å². The van der Waals surface area contributed by atoms with Crippen LogP contribution >= 0.6 is 0 Å². The number of hydrogen-bond donors (Lipinski definition) is 1. The van der Waals surface area contributed by atoms with Crippen molar-refractivity contribution in [2.75, 3.05) is 13.1 Å². The van der Waals surface area contributed by atoms with E-state index < -0.39 is 12.2 Å². The van der Waals surface area contributed by atoms with Crippen molar-refractivity contribution in [2.45, 2.75) is 32.1 Å². The highest BCUT2D eigenvalue weighted by atomic mass is 19.1. The van der Waals surface area contributed by atoms with Crippen LogP contribution in [0.1, 0.15) is 23.7 Å². The van der Waals surface area contributed by atoms with Crippen LogP contribution < -0.4 is 5.73 Å². The summed E-state index contributed by atoms with van der Waals surface area (Å²) >= 11 is 0. The summed E-state index contributed by atoms with van der Waals surface area (Å²) in [6.07, 6.45) is -0.764. The highest BCUT2D eigenvalue weighted by molar-refractivity contribution is 5.98. The van der Waals surface area contributed by atoms with Gasteiger partial charge in [0.1, 0.15) is 6.17 Å². The molecule has 0 unspecified atom stereocenters. The molecule has 5 rings (SSSR count). The van der Waals surface area contributed by atoms with Crippen LogP contribution in [0.4, 0.5) is 4.39 Å². The molecule has 7 heteroatoms. The van der Waals surface area contributed by atoms with Crippen molar-refractivity contribution < 1.29 is 9.18 Å². The van der Waals surface area contributed by atoms with Gasteiger partial charge in [-0.3, -0.25) is 4.79 Å². The molecule has 1 aliphatic heterocycles. The molecule has 0 spiro atoms. The number of carbonyl (C=O) groups is 1. The van der Waals surface area contributed by atoms with Gasteiger partial charge in [-0.2, -0.15) is 0 Å². The Morgan fingerprint density at radius 1 is 1.19 bits per heavy atom. The molecule has 0 bridgehead atoms. The maximum atomic E-state index is 13.7. The number of imidazole rings is 1. The van der Waals surface area contributed by atoms with Gasteiger partial charge in [-0.15, -0.1) is 0 Å². The van der Waals surface area contributed by atoms with Crippen molar-refractivity contribution in [3.05, 3.63) is 54.1 Å². The monoisotopic (exact) mass is 419 g/mol. The van der Waals surface area contributed by atoms with E-state index >= 15 is 0 Å². The minimum Gasteiger partial charge on any atom is -0.338 e. The summed E-state index contributed by atoms with van der Waals surface area (Å²) in [5.41, 5.74) is 10.3. The van der Waals surface area contributed by atoms with E-state index in [0.29, 0.717) is 12.1 Å². The molecule has 3 heterocycles. The van der Waals surface area contributed by atoms with Gasteiger partial charge < -0.3 is 19.8 Å². The number of halogens is 1. The largest absolute Gasteiger partial charge is 0.338 e. The lowest BCUT2D eigenvalue weighted by atomic mass is 10.0. The molecule has 1 saturated heterocycles. The van der Waals surface area contributed by atoms with Crippen molar-refractivity contribution >= 4 is 27.8 Å². The Morgan fingerprint density at radius 2 is 2.00 bits per heavy atom.